The van der Waals surface area contributed by atoms with Gasteiger partial charge in [0.2, 0.25) is 5.91 Å². The topological polar surface area (TPSA) is 73.6 Å². The molecule has 1 aromatic carbocycles. The van der Waals surface area contributed by atoms with Crippen LogP contribution in [0.2, 0.25) is 0 Å². The summed E-state index contributed by atoms with van der Waals surface area (Å²) in [6.45, 7) is 2.69. The van der Waals surface area contributed by atoms with E-state index in [4.69, 9.17) is 15.2 Å². The van der Waals surface area contributed by atoms with Gasteiger partial charge in [-0.25, -0.2) is 0 Å². The fourth-order valence-electron chi connectivity index (χ4n) is 2.30. The summed E-state index contributed by atoms with van der Waals surface area (Å²) in [5, 5.41) is 3.02. The molecule has 0 aliphatic rings. The van der Waals surface area contributed by atoms with Gasteiger partial charge < -0.3 is 20.5 Å². The Morgan fingerprint density at radius 3 is 2.39 bits per heavy atom. The van der Waals surface area contributed by atoms with Gasteiger partial charge in [0.1, 0.15) is 0 Å². The van der Waals surface area contributed by atoms with Crippen molar-refractivity contribution in [3.63, 3.8) is 0 Å². The molecule has 1 unspecified atom stereocenters. The summed E-state index contributed by atoms with van der Waals surface area (Å²) in [5.74, 6) is 1.43. The Morgan fingerprint density at radius 2 is 1.78 bits per heavy atom. The number of ether oxygens (including phenoxy) is 2. The smallest absolute Gasteiger partial charge is 0.220 e. The number of carbonyl (C=O) groups is 1. The van der Waals surface area contributed by atoms with Gasteiger partial charge in [0.05, 0.1) is 20.3 Å². The van der Waals surface area contributed by atoms with Crippen molar-refractivity contribution in [2.24, 2.45) is 5.73 Å². The van der Waals surface area contributed by atoms with E-state index in [-0.39, 0.29) is 24.4 Å². The number of amides is 1. The van der Waals surface area contributed by atoms with Crippen LogP contribution < -0.4 is 20.5 Å². The van der Waals surface area contributed by atoms with Crippen molar-refractivity contribution in [1.82, 2.24) is 5.32 Å². The lowest BCUT2D eigenvalue weighted by Gasteiger charge is -2.16. The number of rotatable bonds is 10. The van der Waals surface area contributed by atoms with Crippen molar-refractivity contribution in [2.75, 3.05) is 20.8 Å². The third-order valence-electron chi connectivity index (χ3n) is 3.64. The molecule has 1 atom stereocenters. The van der Waals surface area contributed by atoms with Crippen LogP contribution in [0.15, 0.2) is 18.2 Å². The van der Waals surface area contributed by atoms with Gasteiger partial charge in [-0.15, -0.1) is 12.4 Å². The van der Waals surface area contributed by atoms with Gasteiger partial charge in [-0.2, -0.15) is 0 Å². The molecule has 6 heteroatoms. The highest BCUT2D eigenvalue weighted by molar-refractivity contribution is 5.85. The molecule has 0 spiro atoms. The predicted molar refractivity (Wildman–Crippen MR) is 95.5 cm³/mol. The zero-order valence-electron chi connectivity index (χ0n) is 14.3. The van der Waals surface area contributed by atoms with Crippen molar-refractivity contribution >= 4 is 18.3 Å². The van der Waals surface area contributed by atoms with E-state index in [1.54, 1.807) is 14.2 Å². The molecule has 0 bridgehead atoms. The minimum atomic E-state index is -0.0589. The summed E-state index contributed by atoms with van der Waals surface area (Å²) in [5.41, 5.74) is 6.44. The van der Waals surface area contributed by atoms with Crippen molar-refractivity contribution in [3.8, 4) is 11.5 Å². The SMILES string of the molecule is COc1ccc(C(C)NC(=O)CCCCCCN)cc1OC.Cl. The molecule has 0 fully saturated rings. The van der Waals surface area contributed by atoms with Crippen molar-refractivity contribution < 1.29 is 14.3 Å². The lowest BCUT2D eigenvalue weighted by atomic mass is 10.1. The molecule has 0 aromatic heterocycles. The molecular weight excluding hydrogens is 316 g/mol. The average molecular weight is 345 g/mol. The standard InChI is InChI=1S/C17H28N2O3.ClH/c1-13(19-17(20)8-6-4-5-7-11-18)14-9-10-15(21-2)16(12-14)22-3;/h9-10,12-13H,4-8,11,18H2,1-3H3,(H,19,20);1H. The summed E-state index contributed by atoms with van der Waals surface area (Å²) >= 11 is 0. The molecule has 0 saturated heterocycles. The number of methoxy groups -OCH3 is 2. The highest BCUT2D eigenvalue weighted by Gasteiger charge is 2.12. The Morgan fingerprint density at radius 1 is 1.13 bits per heavy atom. The van der Waals surface area contributed by atoms with Crippen LogP contribution in [0, 0.1) is 0 Å². The number of unbranched alkanes of at least 4 members (excludes halogenated alkanes) is 3. The summed E-state index contributed by atoms with van der Waals surface area (Å²) < 4.78 is 10.5. The number of halogens is 1. The summed E-state index contributed by atoms with van der Waals surface area (Å²) in [6, 6.07) is 5.62. The zero-order chi connectivity index (χ0) is 16.4. The Balaban J connectivity index is 0.00000484. The Bertz CT molecular complexity index is 469. The quantitative estimate of drug-likeness (QED) is 0.639. The molecule has 0 saturated carbocycles. The molecule has 1 rings (SSSR count). The van der Waals surface area contributed by atoms with E-state index in [0.717, 1.165) is 37.8 Å². The van der Waals surface area contributed by atoms with Crippen molar-refractivity contribution in [2.45, 2.75) is 45.1 Å². The van der Waals surface area contributed by atoms with Crippen LogP contribution in [0.25, 0.3) is 0 Å². The number of hydrogen-bond acceptors (Lipinski definition) is 4. The number of carbonyl (C=O) groups excluding carboxylic acids is 1. The number of nitrogens with two attached hydrogens (primary N) is 1. The zero-order valence-corrected chi connectivity index (χ0v) is 15.1. The lowest BCUT2D eigenvalue weighted by molar-refractivity contribution is -0.121. The van der Waals surface area contributed by atoms with Crippen LogP contribution in [-0.2, 0) is 4.79 Å². The van der Waals surface area contributed by atoms with Gasteiger partial charge in [-0.1, -0.05) is 18.9 Å². The Hall–Kier alpha value is -1.46. The molecule has 0 radical (unpaired) electrons. The first kappa shape index (κ1) is 21.5. The molecule has 23 heavy (non-hydrogen) atoms. The largest absolute Gasteiger partial charge is 0.493 e. The second-order valence-electron chi connectivity index (χ2n) is 5.36. The van der Waals surface area contributed by atoms with Crippen LogP contribution in [0.5, 0.6) is 11.5 Å². The highest BCUT2D eigenvalue weighted by Crippen LogP contribution is 2.29. The maximum Gasteiger partial charge on any atom is 0.220 e. The van der Waals surface area contributed by atoms with Gasteiger partial charge in [0.25, 0.3) is 0 Å². The van der Waals surface area contributed by atoms with Gasteiger partial charge in [-0.05, 0) is 44.0 Å². The second-order valence-corrected chi connectivity index (χ2v) is 5.36. The molecule has 1 aromatic rings. The van der Waals surface area contributed by atoms with E-state index in [1.165, 1.54) is 0 Å². The first-order chi connectivity index (χ1) is 10.6. The van der Waals surface area contributed by atoms with Crippen molar-refractivity contribution in [1.29, 1.82) is 0 Å². The molecule has 0 aliphatic heterocycles. The maximum absolute atomic E-state index is 11.9. The molecule has 1 amide bonds. The van der Waals surface area contributed by atoms with Crippen molar-refractivity contribution in [3.05, 3.63) is 23.8 Å². The number of hydrogen-bond donors (Lipinski definition) is 2. The van der Waals surface area contributed by atoms with E-state index >= 15 is 0 Å². The predicted octanol–water partition coefficient (Wildman–Crippen LogP) is 3.21. The fourth-order valence-corrected chi connectivity index (χ4v) is 2.30. The lowest BCUT2D eigenvalue weighted by Crippen LogP contribution is -2.26. The molecule has 3 N–H and O–H groups in total. The molecule has 5 nitrogen and oxygen atoms in total. The van der Waals surface area contributed by atoms with E-state index in [2.05, 4.69) is 5.32 Å². The summed E-state index contributed by atoms with van der Waals surface area (Å²) in [4.78, 5) is 11.9. The molecular formula is C17H29ClN2O3. The van der Waals surface area contributed by atoms with Gasteiger partial charge >= 0.3 is 0 Å². The Kier molecular flexibility index (Phi) is 11.3. The molecule has 0 aliphatic carbocycles. The van der Waals surface area contributed by atoms with Crippen LogP contribution >= 0.6 is 12.4 Å². The third kappa shape index (κ3) is 7.57. The third-order valence-corrected chi connectivity index (χ3v) is 3.64. The number of nitrogens with one attached hydrogen (secondary N) is 1. The maximum atomic E-state index is 11.9. The van der Waals surface area contributed by atoms with Gasteiger partial charge in [-0.3, -0.25) is 4.79 Å². The number of benzene rings is 1. The first-order valence-electron chi connectivity index (χ1n) is 7.83. The summed E-state index contributed by atoms with van der Waals surface area (Å²) in [7, 11) is 3.21. The molecule has 132 valence electrons. The Labute approximate surface area is 145 Å². The summed E-state index contributed by atoms with van der Waals surface area (Å²) in [6.07, 6.45) is 4.64. The first-order valence-corrected chi connectivity index (χ1v) is 7.83. The monoisotopic (exact) mass is 344 g/mol. The minimum Gasteiger partial charge on any atom is -0.493 e. The normalized spacial score (nSPS) is 11.3. The second kappa shape index (κ2) is 12.0. The minimum absolute atomic E-state index is 0. The highest BCUT2D eigenvalue weighted by atomic mass is 35.5. The van der Waals surface area contributed by atoms with E-state index in [0.29, 0.717) is 17.9 Å². The average Bonchev–Trinajstić information content (AvgIpc) is 2.53. The van der Waals surface area contributed by atoms with Gasteiger partial charge in [0.15, 0.2) is 11.5 Å². The van der Waals surface area contributed by atoms with E-state index in [9.17, 15) is 4.79 Å². The fraction of sp³-hybridized carbons (Fsp3) is 0.588. The van der Waals surface area contributed by atoms with Crippen LogP contribution in [0.3, 0.4) is 0 Å². The van der Waals surface area contributed by atoms with Crippen LogP contribution in [0.1, 0.15) is 50.6 Å². The van der Waals surface area contributed by atoms with Crippen LogP contribution in [0.4, 0.5) is 0 Å². The van der Waals surface area contributed by atoms with Gasteiger partial charge in [0, 0.05) is 6.42 Å². The molecule has 0 heterocycles. The van der Waals surface area contributed by atoms with E-state index in [1.807, 2.05) is 25.1 Å². The van der Waals surface area contributed by atoms with Crippen LogP contribution in [-0.4, -0.2) is 26.7 Å². The van der Waals surface area contributed by atoms with E-state index < -0.39 is 0 Å².